The molecule has 7 nitrogen and oxygen atoms in total. The Morgan fingerprint density at radius 1 is 1.40 bits per heavy atom. The van der Waals surface area contributed by atoms with Crippen LogP contribution in [0.1, 0.15) is 18.9 Å². The molecule has 8 heteroatoms. The summed E-state index contributed by atoms with van der Waals surface area (Å²) in [4.78, 5) is 42.4. The minimum Gasteiger partial charge on any atom is -0.355 e. The van der Waals surface area contributed by atoms with Gasteiger partial charge in [-0.2, -0.15) is 11.8 Å². The van der Waals surface area contributed by atoms with E-state index in [1.807, 2.05) is 19.2 Å². The first-order valence-corrected chi connectivity index (χ1v) is 9.69. The third kappa shape index (κ3) is 5.45. The molecule has 1 aromatic heterocycles. The summed E-state index contributed by atoms with van der Waals surface area (Å²) in [6.45, 7) is 2.69. The van der Waals surface area contributed by atoms with Crippen LogP contribution in [0, 0.1) is 0 Å². The van der Waals surface area contributed by atoms with Crippen molar-refractivity contribution in [2.75, 3.05) is 25.1 Å². The maximum Gasteiger partial charge on any atom is 0.242 e. The van der Waals surface area contributed by atoms with Crippen LogP contribution in [0.4, 0.5) is 0 Å². The van der Waals surface area contributed by atoms with Crippen molar-refractivity contribution < 1.29 is 14.4 Å². The van der Waals surface area contributed by atoms with Crippen LogP contribution in [-0.2, 0) is 20.8 Å². The third-order valence-electron chi connectivity index (χ3n) is 3.99. The number of aromatic nitrogens is 1. The predicted octanol–water partition coefficient (Wildman–Crippen LogP) is 0.209. The first-order valence-electron chi connectivity index (χ1n) is 8.29. The van der Waals surface area contributed by atoms with Crippen molar-refractivity contribution in [1.29, 1.82) is 0 Å². The van der Waals surface area contributed by atoms with E-state index in [4.69, 9.17) is 0 Å². The van der Waals surface area contributed by atoms with E-state index in [-0.39, 0.29) is 30.2 Å². The lowest BCUT2D eigenvalue weighted by molar-refractivity contribution is -0.137. The summed E-state index contributed by atoms with van der Waals surface area (Å²) in [5.74, 6) is -0.0189. The minimum atomic E-state index is -0.552. The van der Waals surface area contributed by atoms with Crippen LogP contribution >= 0.6 is 11.8 Å². The van der Waals surface area contributed by atoms with Gasteiger partial charge < -0.3 is 15.5 Å². The lowest BCUT2D eigenvalue weighted by atomic mass is 10.1. The molecule has 0 radical (unpaired) electrons. The molecular formula is C17H24N4O3S. The Kier molecular flexibility index (Phi) is 7.24. The van der Waals surface area contributed by atoms with E-state index < -0.39 is 6.04 Å². The fraction of sp³-hybridized carbons (Fsp3) is 0.529. The van der Waals surface area contributed by atoms with Gasteiger partial charge in [0.1, 0.15) is 6.04 Å². The number of carbonyl (C=O) groups excluding carboxylic acids is 3. The van der Waals surface area contributed by atoms with Crippen molar-refractivity contribution in [3.05, 3.63) is 30.1 Å². The molecule has 0 saturated carbocycles. The predicted molar refractivity (Wildman–Crippen MR) is 97.1 cm³/mol. The summed E-state index contributed by atoms with van der Waals surface area (Å²) in [5, 5.41) is 5.68. The zero-order valence-corrected chi connectivity index (χ0v) is 15.3. The molecule has 2 atom stereocenters. The molecule has 1 aliphatic rings. The van der Waals surface area contributed by atoms with Crippen LogP contribution in [-0.4, -0.2) is 64.8 Å². The van der Waals surface area contributed by atoms with E-state index >= 15 is 0 Å². The summed E-state index contributed by atoms with van der Waals surface area (Å²) in [7, 11) is 0. The Morgan fingerprint density at radius 2 is 2.20 bits per heavy atom. The standard InChI is InChI=1S/C17H24N4O3S/c1-3-19-17(24)14-8-13(20-15(22)11-25-2)10-21(14)16(23)7-12-5-4-6-18-9-12/h4-6,9,13-14H,3,7-8,10-11H2,1-2H3,(H,19,24)(H,20,22)/t13-,14-/m0/s1. The molecule has 3 amide bonds. The van der Waals surface area contributed by atoms with E-state index in [1.165, 1.54) is 11.8 Å². The van der Waals surface area contributed by atoms with E-state index in [1.54, 1.807) is 23.4 Å². The summed E-state index contributed by atoms with van der Waals surface area (Å²) in [6, 6.07) is 2.85. The number of thioether (sulfide) groups is 1. The second kappa shape index (κ2) is 9.41. The fourth-order valence-electron chi connectivity index (χ4n) is 2.94. The molecule has 2 heterocycles. The molecule has 25 heavy (non-hydrogen) atoms. The number of rotatable bonds is 7. The van der Waals surface area contributed by atoms with Gasteiger partial charge in [0.05, 0.1) is 12.2 Å². The fourth-order valence-corrected chi connectivity index (χ4v) is 3.28. The largest absolute Gasteiger partial charge is 0.355 e. The van der Waals surface area contributed by atoms with Crippen LogP contribution in [0.3, 0.4) is 0 Å². The summed E-state index contributed by atoms with van der Waals surface area (Å²) >= 11 is 1.44. The quantitative estimate of drug-likeness (QED) is 0.722. The Labute approximate surface area is 151 Å². The third-order valence-corrected chi connectivity index (χ3v) is 4.54. The van der Waals surface area contributed by atoms with Gasteiger partial charge in [-0.15, -0.1) is 0 Å². The molecular weight excluding hydrogens is 340 g/mol. The number of pyridine rings is 1. The minimum absolute atomic E-state index is 0.0753. The molecule has 0 aromatic carbocycles. The number of hydrogen-bond donors (Lipinski definition) is 2. The molecule has 0 spiro atoms. The van der Waals surface area contributed by atoms with Crippen LogP contribution in [0.15, 0.2) is 24.5 Å². The Hall–Kier alpha value is -2.09. The number of likely N-dealkylation sites (tertiary alicyclic amines) is 1. The van der Waals surface area contributed by atoms with Gasteiger partial charge in [-0.3, -0.25) is 19.4 Å². The van der Waals surface area contributed by atoms with E-state index in [2.05, 4.69) is 15.6 Å². The van der Waals surface area contributed by atoms with Crippen molar-refractivity contribution in [1.82, 2.24) is 20.5 Å². The number of likely N-dealkylation sites (N-methyl/N-ethyl adjacent to an activating group) is 1. The Balaban J connectivity index is 2.06. The van der Waals surface area contributed by atoms with Crippen LogP contribution in [0.25, 0.3) is 0 Å². The summed E-state index contributed by atoms with van der Waals surface area (Å²) in [6.07, 6.45) is 5.78. The second-order valence-corrected chi connectivity index (χ2v) is 6.79. The number of nitrogens with zero attached hydrogens (tertiary/aromatic N) is 2. The highest BCUT2D eigenvalue weighted by Gasteiger charge is 2.39. The molecule has 2 rings (SSSR count). The van der Waals surface area contributed by atoms with Gasteiger partial charge in [-0.1, -0.05) is 6.07 Å². The molecule has 1 saturated heterocycles. The highest BCUT2D eigenvalue weighted by Crippen LogP contribution is 2.20. The average Bonchev–Trinajstić information content (AvgIpc) is 3.00. The van der Waals surface area contributed by atoms with Gasteiger partial charge in [0.25, 0.3) is 0 Å². The maximum atomic E-state index is 12.7. The molecule has 0 bridgehead atoms. The molecule has 2 N–H and O–H groups in total. The van der Waals surface area contributed by atoms with Crippen molar-refractivity contribution >= 4 is 29.5 Å². The average molecular weight is 364 g/mol. The number of hydrogen-bond acceptors (Lipinski definition) is 5. The topological polar surface area (TPSA) is 91.4 Å². The van der Waals surface area contributed by atoms with Gasteiger partial charge in [0, 0.05) is 31.5 Å². The van der Waals surface area contributed by atoms with Crippen molar-refractivity contribution in [3.8, 4) is 0 Å². The molecule has 1 fully saturated rings. The highest BCUT2D eigenvalue weighted by atomic mass is 32.2. The summed E-state index contributed by atoms with van der Waals surface area (Å²) < 4.78 is 0. The Bertz CT molecular complexity index is 611. The van der Waals surface area contributed by atoms with Gasteiger partial charge in [-0.05, 0) is 31.2 Å². The van der Waals surface area contributed by atoms with E-state index in [0.717, 1.165) is 5.56 Å². The molecule has 136 valence electrons. The zero-order chi connectivity index (χ0) is 18.2. The SMILES string of the molecule is CCNC(=O)[C@@H]1C[C@H](NC(=O)CSC)CN1C(=O)Cc1cccnc1. The first-order chi connectivity index (χ1) is 12.0. The lowest BCUT2D eigenvalue weighted by Gasteiger charge is -2.23. The van der Waals surface area contributed by atoms with Crippen LogP contribution in [0.5, 0.6) is 0 Å². The van der Waals surface area contributed by atoms with E-state index in [0.29, 0.717) is 25.3 Å². The first kappa shape index (κ1) is 19.2. The number of amides is 3. The van der Waals surface area contributed by atoms with Gasteiger partial charge in [0.2, 0.25) is 17.7 Å². The monoisotopic (exact) mass is 364 g/mol. The van der Waals surface area contributed by atoms with Crippen LogP contribution < -0.4 is 10.6 Å². The van der Waals surface area contributed by atoms with E-state index in [9.17, 15) is 14.4 Å². The van der Waals surface area contributed by atoms with Gasteiger partial charge in [0.15, 0.2) is 0 Å². The summed E-state index contributed by atoms with van der Waals surface area (Å²) in [5.41, 5.74) is 0.803. The van der Waals surface area contributed by atoms with Gasteiger partial charge in [-0.25, -0.2) is 0 Å². The van der Waals surface area contributed by atoms with Crippen molar-refractivity contribution in [3.63, 3.8) is 0 Å². The molecule has 1 aliphatic heterocycles. The normalized spacial score (nSPS) is 19.5. The van der Waals surface area contributed by atoms with Crippen molar-refractivity contribution in [2.45, 2.75) is 31.8 Å². The second-order valence-electron chi connectivity index (χ2n) is 5.93. The molecule has 0 unspecified atom stereocenters. The number of carbonyl (C=O) groups is 3. The van der Waals surface area contributed by atoms with Gasteiger partial charge >= 0.3 is 0 Å². The van der Waals surface area contributed by atoms with Crippen molar-refractivity contribution in [2.24, 2.45) is 0 Å². The smallest absolute Gasteiger partial charge is 0.242 e. The van der Waals surface area contributed by atoms with Crippen LogP contribution in [0.2, 0.25) is 0 Å². The molecule has 1 aromatic rings. The maximum absolute atomic E-state index is 12.7. The zero-order valence-electron chi connectivity index (χ0n) is 14.5. The molecule has 0 aliphatic carbocycles. The Morgan fingerprint density at radius 3 is 2.84 bits per heavy atom. The lowest BCUT2D eigenvalue weighted by Crippen LogP contribution is -2.46. The highest BCUT2D eigenvalue weighted by molar-refractivity contribution is 7.99. The number of nitrogens with one attached hydrogen (secondary N) is 2.